The first kappa shape index (κ1) is 22.2. The predicted molar refractivity (Wildman–Crippen MR) is 104 cm³/mol. The summed E-state index contributed by atoms with van der Waals surface area (Å²) in [5, 5.41) is 0. The molecule has 1 saturated heterocycles. The number of rotatable bonds is 12. The molecule has 0 bridgehead atoms. The van der Waals surface area contributed by atoms with Crippen LogP contribution in [0.5, 0.6) is 0 Å². The third-order valence-electron chi connectivity index (χ3n) is 4.51. The van der Waals surface area contributed by atoms with Gasteiger partial charge in [-0.15, -0.1) is 0 Å². The molecule has 0 N–H and O–H groups in total. The third-order valence-corrected chi connectivity index (χ3v) is 4.51. The van der Waals surface area contributed by atoms with Gasteiger partial charge in [-0.1, -0.05) is 69.9 Å². The molecule has 0 atom stereocenters. The van der Waals surface area contributed by atoms with Crippen molar-refractivity contribution in [2.45, 2.75) is 96.8 Å². The van der Waals surface area contributed by atoms with Gasteiger partial charge in [-0.25, -0.2) is 4.90 Å². The molecule has 0 radical (unpaired) electrons. The SMILES string of the molecule is CCCCCCCCCC/C=C\CCCC#CC(=O)N1C(=O)CCC1=O. The number of amides is 3. The van der Waals surface area contributed by atoms with Gasteiger partial charge in [0.1, 0.15) is 0 Å². The molecule has 1 aliphatic rings. The van der Waals surface area contributed by atoms with Gasteiger partial charge in [-0.2, -0.15) is 0 Å². The lowest BCUT2D eigenvalue weighted by molar-refractivity contribution is -0.146. The molecule has 1 fully saturated rings. The highest BCUT2D eigenvalue weighted by atomic mass is 16.2. The molecule has 0 aliphatic carbocycles. The Kier molecular flexibility index (Phi) is 12.2. The number of carbonyl (C=O) groups is 3. The number of hydrogen-bond acceptors (Lipinski definition) is 3. The smallest absolute Gasteiger partial charge is 0.274 e. The van der Waals surface area contributed by atoms with E-state index in [1.807, 2.05) is 0 Å². The Bertz CT molecular complexity index is 523. The second kappa shape index (κ2) is 14.3. The Balaban J connectivity index is 1.97. The minimum atomic E-state index is -0.678. The molecule has 4 heteroatoms. The van der Waals surface area contributed by atoms with Crippen LogP contribution in [0.15, 0.2) is 12.2 Å². The molecule has 144 valence electrons. The van der Waals surface area contributed by atoms with Gasteiger partial charge >= 0.3 is 5.91 Å². The van der Waals surface area contributed by atoms with Crippen LogP contribution in [0.25, 0.3) is 0 Å². The van der Waals surface area contributed by atoms with Gasteiger partial charge in [0.25, 0.3) is 0 Å². The maximum atomic E-state index is 11.7. The minimum absolute atomic E-state index is 0.121. The van der Waals surface area contributed by atoms with Crippen LogP contribution in [0.1, 0.15) is 96.8 Å². The summed E-state index contributed by atoms with van der Waals surface area (Å²) < 4.78 is 0. The summed E-state index contributed by atoms with van der Waals surface area (Å²) in [7, 11) is 0. The Morgan fingerprint density at radius 3 is 2.04 bits per heavy atom. The molecule has 0 aromatic rings. The maximum absolute atomic E-state index is 11.7. The van der Waals surface area contributed by atoms with Crippen molar-refractivity contribution in [3.05, 3.63) is 12.2 Å². The monoisotopic (exact) mass is 359 g/mol. The van der Waals surface area contributed by atoms with E-state index in [1.54, 1.807) is 0 Å². The summed E-state index contributed by atoms with van der Waals surface area (Å²) in [5.74, 6) is 3.62. The summed E-state index contributed by atoms with van der Waals surface area (Å²) in [6, 6.07) is 0. The maximum Gasteiger partial charge on any atom is 0.311 e. The Morgan fingerprint density at radius 2 is 1.42 bits per heavy atom. The first-order valence-electron chi connectivity index (χ1n) is 10.2. The first-order chi connectivity index (χ1) is 12.7. The molecule has 0 unspecified atom stereocenters. The van der Waals surface area contributed by atoms with Crippen molar-refractivity contribution in [2.75, 3.05) is 0 Å². The van der Waals surface area contributed by atoms with E-state index in [4.69, 9.17) is 0 Å². The van der Waals surface area contributed by atoms with Crippen molar-refractivity contribution in [1.82, 2.24) is 4.90 Å². The van der Waals surface area contributed by atoms with Crippen LogP contribution in [0.4, 0.5) is 0 Å². The molecule has 0 spiro atoms. The lowest BCUT2D eigenvalue weighted by Crippen LogP contribution is -2.34. The molecule has 26 heavy (non-hydrogen) atoms. The van der Waals surface area contributed by atoms with Crippen LogP contribution in [0.2, 0.25) is 0 Å². The second-order valence-corrected chi connectivity index (χ2v) is 6.86. The molecule has 0 aromatic carbocycles. The first-order valence-corrected chi connectivity index (χ1v) is 10.2. The van der Waals surface area contributed by atoms with E-state index in [2.05, 4.69) is 30.9 Å². The average Bonchev–Trinajstić information content (AvgIpc) is 2.96. The van der Waals surface area contributed by atoms with Crippen molar-refractivity contribution in [1.29, 1.82) is 0 Å². The largest absolute Gasteiger partial charge is 0.311 e. The van der Waals surface area contributed by atoms with Crippen LogP contribution in [0, 0.1) is 11.8 Å². The van der Waals surface area contributed by atoms with E-state index in [9.17, 15) is 14.4 Å². The molecular formula is C22H33NO3. The Hall–Kier alpha value is -1.89. The molecule has 0 saturated carbocycles. The van der Waals surface area contributed by atoms with Gasteiger partial charge in [0, 0.05) is 19.3 Å². The topological polar surface area (TPSA) is 54.5 Å². The lowest BCUT2D eigenvalue weighted by Gasteiger charge is -2.05. The van der Waals surface area contributed by atoms with Gasteiger partial charge in [-0.05, 0) is 31.6 Å². The average molecular weight is 360 g/mol. The highest BCUT2D eigenvalue weighted by Gasteiger charge is 2.33. The normalized spacial score (nSPS) is 14.1. The standard InChI is InChI=1S/C22H33NO3/c1-2-3-4-5-6-7-8-9-10-11-12-13-14-15-16-17-20(24)23-21(25)18-19-22(23)26/h11-12H,2-10,13-15,18-19H2,1H3/b12-11-. The number of carbonyl (C=O) groups excluding carboxylic acids is 3. The molecule has 1 rings (SSSR count). The zero-order valence-corrected chi connectivity index (χ0v) is 16.2. The highest BCUT2D eigenvalue weighted by Crippen LogP contribution is 2.12. The van der Waals surface area contributed by atoms with E-state index in [-0.39, 0.29) is 12.8 Å². The molecule has 0 aromatic heterocycles. The van der Waals surface area contributed by atoms with Crippen LogP contribution < -0.4 is 0 Å². The van der Waals surface area contributed by atoms with Gasteiger partial charge < -0.3 is 0 Å². The van der Waals surface area contributed by atoms with E-state index in [0.717, 1.165) is 19.3 Å². The van der Waals surface area contributed by atoms with E-state index >= 15 is 0 Å². The van der Waals surface area contributed by atoms with Crippen LogP contribution in [-0.2, 0) is 14.4 Å². The summed E-state index contributed by atoms with van der Waals surface area (Å²) in [5.41, 5.74) is 0. The fourth-order valence-electron chi connectivity index (χ4n) is 2.94. The number of unbranched alkanes of at least 4 members (excludes halogenated alkanes) is 10. The number of allylic oxidation sites excluding steroid dienone is 2. The summed E-state index contributed by atoms with van der Waals surface area (Å²) in [6.45, 7) is 2.25. The highest BCUT2D eigenvalue weighted by molar-refractivity contribution is 6.19. The van der Waals surface area contributed by atoms with Gasteiger partial charge in [0.15, 0.2) is 0 Å². The van der Waals surface area contributed by atoms with E-state index < -0.39 is 17.7 Å². The molecule has 1 heterocycles. The van der Waals surface area contributed by atoms with E-state index in [0.29, 0.717) is 11.3 Å². The van der Waals surface area contributed by atoms with Crippen molar-refractivity contribution in [3.8, 4) is 11.8 Å². The predicted octanol–water partition coefficient (Wildman–Crippen LogP) is 4.92. The number of likely N-dealkylation sites (tertiary alicyclic amines) is 1. The van der Waals surface area contributed by atoms with Crippen molar-refractivity contribution in [2.24, 2.45) is 0 Å². The van der Waals surface area contributed by atoms with Crippen molar-refractivity contribution >= 4 is 17.7 Å². The lowest BCUT2D eigenvalue weighted by atomic mass is 10.1. The molecule has 4 nitrogen and oxygen atoms in total. The summed E-state index contributed by atoms with van der Waals surface area (Å²) >= 11 is 0. The Labute approximate surface area is 158 Å². The molecule has 1 aliphatic heterocycles. The second-order valence-electron chi connectivity index (χ2n) is 6.86. The Morgan fingerprint density at radius 1 is 0.885 bits per heavy atom. The fraction of sp³-hybridized carbons (Fsp3) is 0.682. The van der Waals surface area contributed by atoms with Crippen molar-refractivity contribution < 1.29 is 14.4 Å². The van der Waals surface area contributed by atoms with Gasteiger partial charge in [-0.3, -0.25) is 14.4 Å². The minimum Gasteiger partial charge on any atom is -0.274 e. The summed E-state index contributed by atoms with van der Waals surface area (Å²) in [6.07, 6.45) is 19.0. The van der Waals surface area contributed by atoms with Gasteiger partial charge in [0.2, 0.25) is 11.8 Å². The van der Waals surface area contributed by atoms with Crippen LogP contribution in [0.3, 0.4) is 0 Å². The quantitative estimate of drug-likeness (QED) is 0.215. The zero-order valence-electron chi connectivity index (χ0n) is 16.2. The van der Waals surface area contributed by atoms with Gasteiger partial charge in [0.05, 0.1) is 0 Å². The number of nitrogens with zero attached hydrogens (tertiary/aromatic N) is 1. The molecule has 3 amide bonds. The van der Waals surface area contributed by atoms with Crippen molar-refractivity contribution in [3.63, 3.8) is 0 Å². The van der Waals surface area contributed by atoms with Crippen LogP contribution >= 0.6 is 0 Å². The third kappa shape index (κ3) is 9.56. The molecular weight excluding hydrogens is 326 g/mol. The number of imide groups is 3. The van der Waals surface area contributed by atoms with E-state index in [1.165, 1.54) is 51.4 Å². The van der Waals surface area contributed by atoms with Crippen LogP contribution in [-0.4, -0.2) is 22.6 Å². The summed E-state index contributed by atoms with van der Waals surface area (Å²) in [4.78, 5) is 35.2. The number of hydrogen-bond donors (Lipinski definition) is 0. The zero-order chi connectivity index (χ0) is 19.0. The fourth-order valence-corrected chi connectivity index (χ4v) is 2.94.